The van der Waals surface area contributed by atoms with Crippen LogP contribution in [-0.2, 0) is 0 Å². The monoisotopic (exact) mass is 307 g/mol. The first-order valence-corrected chi connectivity index (χ1v) is 8.03. The van der Waals surface area contributed by atoms with Gasteiger partial charge in [-0.3, -0.25) is 4.79 Å². The Morgan fingerprint density at radius 1 is 1.32 bits per heavy atom. The van der Waals surface area contributed by atoms with E-state index in [1.807, 2.05) is 46.8 Å². The minimum Gasteiger partial charge on any atom is -0.490 e. The Hall–Kier alpha value is -1.39. The van der Waals surface area contributed by atoms with Crippen molar-refractivity contribution < 1.29 is 14.6 Å². The van der Waals surface area contributed by atoms with Crippen molar-refractivity contribution in [2.75, 3.05) is 13.2 Å². The second kappa shape index (κ2) is 8.91. The minimum absolute atomic E-state index is 0.102. The van der Waals surface area contributed by atoms with Crippen LogP contribution in [0.4, 0.5) is 0 Å². The molecule has 0 saturated heterocycles. The second-order valence-corrected chi connectivity index (χ2v) is 6.16. The summed E-state index contributed by atoms with van der Waals surface area (Å²) < 4.78 is 5.75. The lowest BCUT2D eigenvalue weighted by Crippen LogP contribution is -2.35. The molecule has 4 nitrogen and oxygen atoms in total. The van der Waals surface area contributed by atoms with Gasteiger partial charge >= 0.3 is 0 Å². The van der Waals surface area contributed by atoms with Gasteiger partial charge < -0.3 is 15.2 Å². The van der Waals surface area contributed by atoms with Gasteiger partial charge in [0.2, 0.25) is 0 Å². The highest BCUT2D eigenvalue weighted by atomic mass is 16.5. The van der Waals surface area contributed by atoms with Crippen LogP contribution in [-0.4, -0.2) is 36.2 Å². The van der Waals surface area contributed by atoms with E-state index in [-0.39, 0.29) is 12.4 Å². The number of Topliss-reactive ketones (excluding diaryl/α,β-unsaturated/α-hetero) is 1. The molecule has 0 bridgehead atoms. The van der Waals surface area contributed by atoms with Gasteiger partial charge in [-0.25, -0.2) is 0 Å². The van der Waals surface area contributed by atoms with E-state index in [1.54, 1.807) is 0 Å². The van der Waals surface area contributed by atoms with Gasteiger partial charge in [0.25, 0.3) is 0 Å². The molecule has 0 spiro atoms. The molecule has 4 heteroatoms. The number of benzene rings is 1. The number of rotatable bonds is 9. The number of ether oxygens (including phenoxy) is 1. The molecular weight excluding hydrogens is 278 g/mol. The lowest BCUT2D eigenvalue weighted by atomic mass is 9.98. The third kappa shape index (κ3) is 5.78. The number of hydrogen-bond acceptors (Lipinski definition) is 4. The molecule has 0 radical (unpaired) electrons. The van der Waals surface area contributed by atoms with E-state index >= 15 is 0 Å². The lowest BCUT2D eigenvalue weighted by Gasteiger charge is -2.18. The molecule has 124 valence electrons. The number of ketones is 1. The molecule has 0 fully saturated rings. The molecule has 0 heterocycles. The SMILES string of the molecule is CCCC(=O)c1c(C)cc(C)cc1OC[C@H](O)CNC(C)C. The van der Waals surface area contributed by atoms with E-state index in [1.165, 1.54) is 0 Å². The summed E-state index contributed by atoms with van der Waals surface area (Å²) in [5.41, 5.74) is 2.63. The average Bonchev–Trinajstić information content (AvgIpc) is 2.42. The number of hydrogen-bond donors (Lipinski definition) is 2. The van der Waals surface area contributed by atoms with E-state index in [9.17, 15) is 9.90 Å². The Morgan fingerprint density at radius 2 is 2.00 bits per heavy atom. The van der Waals surface area contributed by atoms with Crippen LogP contribution in [0.25, 0.3) is 0 Å². The fraction of sp³-hybridized carbons (Fsp3) is 0.611. The Kier molecular flexibility index (Phi) is 7.56. The summed E-state index contributed by atoms with van der Waals surface area (Å²) in [7, 11) is 0. The number of carbonyl (C=O) groups is 1. The second-order valence-electron chi connectivity index (χ2n) is 6.16. The van der Waals surface area contributed by atoms with Crippen molar-refractivity contribution in [3.05, 3.63) is 28.8 Å². The third-order valence-electron chi connectivity index (χ3n) is 3.39. The molecule has 1 atom stereocenters. The van der Waals surface area contributed by atoms with Crippen molar-refractivity contribution in [1.29, 1.82) is 0 Å². The predicted octanol–water partition coefficient (Wildman–Crippen LogP) is 3.02. The number of carbonyl (C=O) groups excluding carboxylic acids is 1. The van der Waals surface area contributed by atoms with Crippen molar-refractivity contribution in [3.8, 4) is 5.75 Å². The van der Waals surface area contributed by atoms with Gasteiger partial charge in [0.1, 0.15) is 18.5 Å². The molecule has 0 aliphatic heterocycles. The molecule has 1 aromatic carbocycles. The number of aliphatic hydroxyl groups is 1. The molecular formula is C18H29NO3. The number of aliphatic hydroxyl groups excluding tert-OH is 1. The quantitative estimate of drug-likeness (QED) is 0.689. The average molecular weight is 307 g/mol. The van der Waals surface area contributed by atoms with Crippen LogP contribution < -0.4 is 10.1 Å². The highest BCUT2D eigenvalue weighted by Gasteiger charge is 2.17. The summed E-state index contributed by atoms with van der Waals surface area (Å²) in [6.45, 7) is 10.6. The lowest BCUT2D eigenvalue weighted by molar-refractivity contribution is 0.0944. The highest BCUT2D eigenvalue weighted by molar-refractivity contribution is 6.00. The van der Waals surface area contributed by atoms with E-state index < -0.39 is 6.10 Å². The van der Waals surface area contributed by atoms with E-state index in [0.717, 1.165) is 17.5 Å². The van der Waals surface area contributed by atoms with Gasteiger partial charge in [-0.05, 0) is 37.5 Å². The summed E-state index contributed by atoms with van der Waals surface area (Å²) in [4.78, 5) is 12.3. The standard InChI is InChI=1S/C18H29NO3/c1-6-7-16(21)18-14(5)8-13(4)9-17(18)22-11-15(20)10-19-12(2)3/h8-9,12,15,19-20H,6-7,10-11H2,1-5H3/t15-/m1/s1. The van der Waals surface area contributed by atoms with E-state index in [0.29, 0.717) is 30.3 Å². The Labute approximate surface area is 133 Å². The largest absolute Gasteiger partial charge is 0.490 e. The van der Waals surface area contributed by atoms with Crippen LogP contribution in [0.15, 0.2) is 12.1 Å². The molecule has 0 aliphatic rings. The predicted molar refractivity (Wildman–Crippen MR) is 89.8 cm³/mol. The summed E-state index contributed by atoms with van der Waals surface area (Å²) in [6, 6.07) is 4.18. The van der Waals surface area contributed by atoms with Gasteiger partial charge in [-0.1, -0.05) is 26.8 Å². The first-order valence-electron chi connectivity index (χ1n) is 8.03. The zero-order chi connectivity index (χ0) is 16.7. The van der Waals surface area contributed by atoms with Gasteiger partial charge in [-0.2, -0.15) is 0 Å². The van der Waals surface area contributed by atoms with Crippen LogP contribution in [0.5, 0.6) is 5.75 Å². The molecule has 0 unspecified atom stereocenters. The first kappa shape index (κ1) is 18.7. The zero-order valence-electron chi connectivity index (χ0n) is 14.4. The van der Waals surface area contributed by atoms with E-state index in [4.69, 9.17) is 4.74 Å². The van der Waals surface area contributed by atoms with Crippen LogP contribution in [0.3, 0.4) is 0 Å². The van der Waals surface area contributed by atoms with Crippen LogP contribution in [0.2, 0.25) is 0 Å². The Morgan fingerprint density at radius 3 is 2.59 bits per heavy atom. The zero-order valence-corrected chi connectivity index (χ0v) is 14.4. The normalized spacial score (nSPS) is 12.5. The summed E-state index contributed by atoms with van der Waals surface area (Å²) in [6.07, 6.45) is 0.724. The number of nitrogens with one attached hydrogen (secondary N) is 1. The molecule has 1 rings (SSSR count). The topological polar surface area (TPSA) is 58.6 Å². The maximum atomic E-state index is 12.3. The van der Waals surface area contributed by atoms with Crippen molar-refractivity contribution in [2.45, 2.75) is 59.6 Å². The van der Waals surface area contributed by atoms with Crippen LogP contribution in [0.1, 0.15) is 55.1 Å². The molecule has 0 aromatic heterocycles. The maximum absolute atomic E-state index is 12.3. The van der Waals surface area contributed by atoms with Gasteiger partial charge in [-0.15, -0.1) is 0 Å². The molecule has 0 saturated carbocycles. The smallest absolute Gasteiger partial charge is 0.166 e. The molecule has 22 heavy (non-hydrogen) atoms. The first-order chi connectivity index (χ1) is 10.3. The van der Waals surface area contributed by atoms with Gasteiger partial charge in [0, 0.05) is 19.0 Å². The van der Waals surface area contributed by atoms with Crippen molar-refractivity contribution in [1.82, 2.24) is 5.32 Å². The molecule has 1 aromatic rings. The molecule has 2 N–H and O–H groups in total. The summed E-state index contributed by atoms with van der Waals surface area (Å²) in [5.74, 6) is 0.685. The molecule has 0 amide bonds. The fourth-order valence-corrected chi connectivity index (χ4v) is 2.37. The number of aryl methyl sites for hydroxylation is 2. The minimum atomic E-state index is -0.600. The maximum Gasteiger partial charge on any atom is 0.166 e. The van der Waals surface area contributed by atoms with Crippen LogP contribution in [0, 0.1) is 13.8 Å². The van der Waals surface area contributed by atoms with Crippen molar-refractivity contribution in [3.63, 3.8) is 0 Å². The van der Waals surface area contributed by atoms with Crippen molar-refractivity contribution >= 4 is 5.78 Å². The van der Waals surface area contributed by atoms with Gasteiger partial charge in [0.05, 0.1) is 5.56 Å². The van der Waals surface area contributed by atoms with Crippen LogP contribution >= 0.6 is 0 Å². The highest BCUT2D eigenvalue weighted by Crippen LogP contribution is 2.26. The Bertz CT molecular complexity index is 497. The molecule has 0 aliphatic carbocycles. The summed E-state index contributed by atoms with van der Waals surface area (Å²) in [5, 5.41) is 13.1. The van der Waals surface area contributed by atoms with Crippen molar-refractivity contribution in [2.24, 2.45) is 0 Å². The third-order valence-corrected chi connectivity index (χ3v) is 3.39. The van der Waals surface area contributed by atoms with Gasteiger partial charge in [0.15, 0.2) is 5.78 Å². The Balaban J connectivity index is 2.82. The van der Waals surface area contributed by atoms with E-state index in [2.05, 4.69) is 5.32 Å². The fourth-order valence-electron chi connectivity index (χ4n) is 2.37. The summed E-state index contributed by atoms with van der Waals surface area (Å²) >= 11 is 0.